The van der Waals surface area contributed by atoms with Gasteiger partial charge in [-0.2, -0.15) is 0 Å². The fourth-order valence-corrected chi connectivity index (χ4v) is 8.92. The normalized spacial score (nSPS) is 18.7. The molecule has 5 rings (SSSR count). The van der Waals surface area contributed by atoms with Crippen molar-refractivity contribution in [2.75, 3.05) is 0 Å². The van der Waals surface area contributed by atoms with E-state index in [0.717, 1.165) is 0 Å². The van der Waals surface area contributed by atoms with Gasteiger partial charge in [-0.15, -0.1) is 0 Å². The van der Waals surface area contributed by atoms with Gasteiger partial charge in [0.15, 0.2) is 0 Å². The molecule has 0 N–H and O–H groups in total. The summed E-state index contributed by atoms with van der Waals surface area (Å²) in [5.74, 6) is 1.19. The molecule has 2 heteroatoms. The van der Waals surface area contributed by atoms with Gasteiger partial charge < -0.3 is 0 Å². The van der Waals surface area contributed by atoms with Gasteiger partial charge in [0, 0.05) is 0 Å². The van der Waals surface area contributed by atoms with Crippen LogP contribution in [0.3, 0.4) is 0 Å². The Morgan fingerprint density at radius 2 is 0.625 bits per heavy atom. The molecule has 0 spiro atoms. The van der Waals surface area contributed by atoms with Crippen molar-refractivity contribution >= 4 is 33.7 Å². The first kappa shape index (κ1) is 21.8. The van der Waals surface area contributed by atoms with Crippen molar-refractivity contribution in [3.05, 3.63) is 144 Å². The third-order valence-corrected chi connectivity index (χ3v) is 12.0. The molecule has 0 radical (unpaired) electrons. The summed E-state index contributed by atoms with van der Waals surface area (Å²) >= 11 is 3.72. The van der Waals surface area contributed by atoms with Gasteiger partial charge in [-0.3, -0.25) is 0 Å². The molecule has 32 heavy (non-hydrogen) atoms. The van der Waals surface area contributed by atoms with E-state index >= 15 is 0 Å². The Morgan fingerprint density at radius 1 is 0.406 bits per heavy atom. The summed E-state index contributed by atoms with van der Waals surface area (Å²) in [5.41, 5.74) is 5.82. The Labute approximate surface area is 209 Å². The third-order valence-electron chi connectivity index (χ3n) is 7.45. The van der Waals surface area contributed by atoms with Gasteiger partial charge in [-0.25, -0.2) is 0 Å². The van der Waals surface area contributed by atoms with Crippen LogP contribution in [0.25, 0.3) is 0 Å². The van der Waals surface area contributed by atoms with E-state index in [1.165, 1.54) is 35.1 Å². The molecule has 1 saturated carbocycles. The summed E-state index contributed by atoms with van der Waals surface area (Å²) in [6.07, 6.45) is 2.55. The minimum atomic E-state index is 0.0410. The van der Waals surface area contributed by atoms with E-state index in [1.54, 1.807) is 0 Å². The molecule has 0 amide bonds. The SMILES string of the molecule is [AsH2]C(c1ccccc1)(c1ccccc1)C1CCC1C([AsH2])(c1ccccc1)c1ccccc1. The summed E-state index contributed by atoms with van der Waals surface area (Å²) in [7, 11) is 0. The average Bonchev–Trinajstić information content (AvgIpc) is 2.85. The number of hydrogen-bond donors (Lipinski definition) is 0. The minimum absolute atomic E-state index is 0.0410. The van der Waals surface area contributed by atoms with Gasteiger partial charge in [0.05, 0.1) is 0 Å². The Bertz CT molecular complexity index is 967. The molecule has 0 bridgehead atoms. The van der Waals surface area contributed by atoms with Crippen molar-refractivity contribution < 1.29 is 0 Å². The van der Waals surface area contributed by atoms with E-state index in [1.807, 2.05) is 33.7 Å². The first-order valence-electron chi connectivity index (χ1n) is 11.4. The van der Waals surface area contributed by atoms with Crippen molar-refractivity contribution in [2.45, 2.75) is 21.2 Å². The van der Waals surface area contributed by atoms with Crippen molar-refractivity contribution in [3.8, 4) is 0 Å². The van der Waals surface area contributed by atoms with E-state index in [4.69, 9.17) is 0 Å². The first-order chi connectivity index (χ1) is 15.6. The monoisotopic (exact) mass is 540 g/mol. The molecular formula is C30H30As2. The topological polar surface area (TPSA) is 0 Å². The maximum atomic E-state index is 2.34. The van der Waals surface area contributed by atoms with Crippen LogP contribution in [0, 0.1) is 11.8 Å². The van der Waals surface area contributed by atoms with Gasteiger partial charge in [-0.05, 0) is 0 Å². The molecule has 4 atom stereocenters. The van der Waals surface area contributed by atoms with E-state index in [0.29, 0.717) is 11.8 Å². The summed E-state index contributed by atoms with van der Waals surface area (Å²) < 4.78 is 0.0820. The second-order valence-electron chi connectivity index (χ2n) is 8.99. The molecular weight excluding hydrogens is 510 g/mol. The third kappa shape index (κ3) is 3.63. The molecule has 0 nitrogen and oxygen atoms in total. The Kier molecular flexibility index (Phi) is 6.20. The zero-order valence-electron chi connectivity index (χ0n) is 18.3. The Balaban J connectivity index is 1.67. The molecule has 160 valence electrons. The number of rotatable bonds is 6. The average molecular weight is 540 g/mol. The zero-order chi connectivity index (χ0) is 22.0. The van der Waals surface area contributed by atoms with Gasteiger partial charge in [0.2, 0.25) is 0 Å². The molecule has 0 saturated heterocycles. The van der Waals surface area contributed by atoms with Gasteiger partial charge in [0.25, 0.3) is 0 Å². The number of hydrogen-bond acceptors (Lipinski definition) is 0. The van der Waals surface area contributed by atoms with Gasteiger partial charge in [-0.1, -0.05) is 0 Å². The maximum absolute atomic E-state index is 2.34. The molecule has 4 aromatic rings. The quantitative estimate of drug-likeness (QED) is 0.297. The first-order valence-corrected chi connectivity index (χ1v) is 13.9. The predicted molar refractivity (Wildman–Crippen MR) is 141 cm³/mol. The van der Waals surface area contributed by atoms with Gasteiger partial charge in [0.1, 0.15) is 0 Å². The van der Waals surface area contributed by atoms with Crippen molar-refractivity contribution in [1.29, 1.82) is 0 Å². The van der Waals surface area contributed by atoms with Crippen molar-refractivity contribution in [2.24, 2.45) is 11.8 Å². The molecule has 1 aliphatic carbocycles. The van der Waals surface area contributed by atoms with Crippen LogP contribution in [0.5, 0.6) is 0 Å². The van der Waals surface area contributed by atoms with E-state index < -0.39 is 0 Å². The zero-order valence-corrected chi connectivity index (χ0v) is 23.1. The van der Waals surface area contributed by atoms with Crippen molar-refractivity contribution in [3.63, 3.8) is 0 Å². The number of benzene rings is 4. The van der Waals surface area contributed by atoms with E-state index in [2.05, 4.69) is 121 Å². The van der Waals surface area contributed by atoms with Crippen LogP contribution in [0.4, 0.5) is 0 Å². The fourth-order valence-electron chi connectivity index (χ4n) is 5.64. The molecule has 1 fully saturated rings. The van der Waals surface area contributed by atoms with Crippen LogP contribution in [-0.4, -0.2) is 33.7 Å². The van der Waals surface area contributed by atoms with Crippen LogP contribution < -0.4 is 0 Å². The van der Waals surface area contributed by atoms with Crippen molar-refractivity contribution in [1.82, 2.24) is 0 Å². The summed E-state index contributed by atoms with van der Waals surface area (Å²) in [6.45, 7) is 0. The van der Waals surface area contributed by atoms with Crippen LogP contribution >= 0.6 is 0 Å². The van der Waals surface area contributed by atoms with E-state index in [9.17, 15) is 0 Å². The van der Waals surface area contributed by atoms with Crippen LogP contribution in [0.1, 0.15) is 35.1 Å². The molecule has 0 aliphatic heterocycles. The van der Waals surface area contributed by atoms with Crippen LogP contribution in [0.15, 0.2) is 121 Å². The standard InChI is InChI=1S/C30H30As2/c31-29(23-13-5-1-6-14-23,24-15-7-2-8-16-24)27-21-22-28(27)30(32,25-17-9-3-10-18-25)26-19-11-4-12-20-26/h1-20,27-28H,21-22,31-32H2. The summed E-state index contributed by atoms with van der Waals surface area (Å²) in [6, 6.07) is 45.0. The Hall–Kier alpha value is -2.00. The summed E-state index contributed by atoms with van der Waals surface area (Å²) in [5, 5.41) is 0. The molecule has 4 aromatic carbocycles. The van der Waals surface area contributed by atoms with E-state index in [-0.39, 0.29) is 8.41 Å². The van der Waals surface area contributed by atoms with Crippen LogP contribution in [-0.2, 0) is 8.41 Å². The van der Waals surface area contributed by atoms with Crippen LogP contribution in [0.2, 0.25) is 0 Å². The fraction of sp³-hybridized carbons (Fsp3) is 0.200. The second kappa shape index (κ2) is 9.09. The summed E-state index contributed by atoms with van der Waals surface area (Å²) in [4.78, 5) is 0. The second-order valence-corrected chi connectivity index (χ2v) is 12.8. The molecule has 0 aromatic heterocycles. The molecule has 4 unspecified atom stereocenters. The molecule has 1 aliphatic rings. The molecule has 0 heterocycles. The predicted octanol–water partition coefficient (Wildman–Crippen LogP) is 5.17. The Morgan fingerprint density at radius 3 is 0.812 bits per heavy atom. The van der Waals surface area contributed by atoms with Gasteiger partial charge >= 0.3 is 210 Å².